The van der Waals surface area contributed by atoms with Gasteiger partial charge in [0, 0.05) is 12.1 Å². The Balaban J connectivity index is 1.92. The number of benzene rings is 1. The van der Waals surface area contributed by atoms with Crippen molar-refractivity contribution in [2.75, 3.05) is 0 Å². The lowest BCUT2D eigenvalue weighted by atomic mass is 10.1. The van der Waals surface area contributed by atoms with Gasteiger partial charge in [0.1, 0.15) is 6.10 Å². The average molecular weight is 292 g/mol. The summed E-state index contributed by atoms with van der Waals surface area (Å²) in [6, 6.07) is 2.84. The maximum absolute atomic E-state index is 10.9. The molecule has 3 rings (SSSR count). The molecule has 1 aromatic carbocycles. The standard InChI is InChI=1S/C13H16N4O4/c14-8-4-2-1-3-5-10(8)20-11-7-6-9(17(18)19)12-13(11)16-21-15-12/h6-8,10H,1-5,14H2. The van der Waals surface area contributed by atoms with Gasteiger partial charge in [-0.1, -0.05) is 12.8 Å². The summed E-state index contributed by atoms with van der Waals surface area (Å²) in [7, 11) is 0. The number of non-ortho nitro benzene ring substituents is 1. The number of hydrogen-bond acceptors (Lipinski definition) is 7. The Hall–Kier alpha value is -2.22. The van der Waals surface area contributed by atoms with Crippen molar-refractivity contribution in [1.82, 2.24) is 10.3 Å². The predicted octanol–water partition coefficient (Wildman–Crippen LogP) is 2.17. The molecule has 112 valence electrons. The van der Waals surface area contributed by atoms with Gasteiger partial charge in [-0.05, 0) is 35.6 Å². The Morgan fingerprint density at radius 2 is 2.00 bits per heavy atom. The Morgan fingerprint density at radius 1 is 1.24 bits per heavy atom. The summed E-state index contributed by atoms with van der Waals surface area (Å²) in [6.45, 7) is 0. The third kappa shape index (κ3) is 2.66. The van der Waals surface area contributed by atoms with Gasteiger partial charge in [0.15, 0.2) is 11.3 Å². The van der Waals surface area contributed by atoms with Gasteiger partial charge < -0.3 is 10.5 Å². The van der Waals surface area contributed by atoms with Crippen LogP contribution in [0.5, 0.6) is 5.75 Å². The van der Waals surface area contributed by atoms with E-state index in [2.05, 4.69) is 14.9 Å². The van der Waals surface area contributed by atoms with Crippen LogP contribution in [-0.4, -0.2) is 27.4 Å². The predicted molar refractivity (Wildman–Crippen MR) is 73.9 cm³/mol. The minimum atomic E-state index is -0.520. The van der Waals surface area contributed by atoms with Crippen LogP contribution in [0.15, 0.2) is 16.8 Å². The summed E-state index contributed by atoms with van der Waals surface area (Å²) in [6.07, 6.45) is 4.97. The van der Waals surface area contributed by atoms with Crippen LogP contribution < -0.4 is 10.5 Å². The van der Waals surface area contributed by atoms with Gasteiger partial charge in [0.25, 0.3) is 0 Å². The molecule has 0 aliphatic heterocycles. The molecule has 1 heterocycles. The van der Waals surface area contributed by atoms with Crippen molar-refractivity contribution in [3.8, 4) is 5.75 Å². The smallest absolute Gasteiger partial charge is 0.301 e. The van der Waals surface area contributed by atoms with E-state index in [0.29, 0.717) is 5.75 Å². The molecule has 0 amide bonds. The summed E-state index contributed by atoms with van der Waals surface area (Å²) in [4.78, 5) is 10.4. The number of aromatic nitrogens is 2. The number of hydrogen-bond donors (Lipinski definition) is 1. The minimum Gasteiger partial charge on any atom is -0.486 e. The van der Waals surface area contributed by atoms with Crippen molar-refractivity contribution < 1.29 is 14.3 Å². The molecular weight excluding hydrogens is 276 g/mol. The third-order valence-electron chi connectivity index (χ3n) is 3.84. The number of rotatable bonds is 3. The lowest BCUT2D eigenvalue weighted by molar-refractivity contribution is -0.383. The first-order valence-electron chi connectivity index (χ1n) is 6.98. The van der Waals surface area contributed by atoms with E-state index in [9.17, 15) is 10.1 Å². The number of fused-ring (bicyclic) bond motifs is 1. The molecule has 1 aliphatic rings. The van der Waals surface area contributed by atoms with Crippen LogP contribution in [0.3, 0.4) is 0 Å². The number of nitrogens with two attached hydrogens (primary N) is 1. The van der Waals surface area contributed by atoms with E-state index in [1.165, 1.54) is 12.1 Å². The summed E-state index contributed by atoms with van der Waals surface area (Å²) in [5.74, 6) is 0.430. The first-order chi connectivity index (χ1) is 10.2. The molecule has 1 aromatic heterocycles. The minimum absolute atomic E-state index is 0.0439. The number of ether oxygens (including phenoxy) is 1. The fraction of sp³-hybridized carbons (Fsp3) is 0.538. The Bertz CT molecular complexity index is 657. The molecule has 8 heteroatoms. The van der Waals surface area contributed by atoms with Gasteiger partial charge in [-0.3, -0.25) is 10.1 Å². The van der Waals surface area contributed by atoms with Crippen LogP contribution in [-0.2, 0) is 0 Å². The highest BCUT2D eigenvalue weighted by Crippen LogP contribution is 2.32. The van der Waals surface area contributed by atoms with Crippen molar-refractivity contribution >= 4 is 16.7 Å². The summed E-state index contributed by atoms with van der Waals surface area (Å²) < 4.78 is 10.6. The lowest BCUT2D eigenvalue weighted by Gasteiger charge is -2.22. The molecule has 2 atom stereocenters. The first kappa shape index (κ1) is 13.7. The van der Waals surface area contributed by atoms with Crippen molar-refractivity contribution in [2.24, 2.45) is 5.73 Å². The average Bonchev–Trinajstić information content (AvgIpc) is 2.86. The van der Waals surface area contributed by atoms with E-state index in [4.69, 9.17) is 10.5 Å². The molecule has 0 radical (unpaired) electrons. The summed E-state index contributed by atoms with van der Waals surface area (Å²) >= 11 is 0. The second-order valence-corrected chi connectivity index (χ2v) is 5.26. The third-order valence-corrected chi connectivity index (χ3v) is 3.84. The van der Waals surface area contributed by atoms with Crippen LogP contribution in [0.4, 0.5) is 5.69 Å². The molecule has 2 unspecified atom stereocenters. The van der Waals surface area contributed by atoms with Gasteiger partial charge in [-0.15, -0.1) is 0 Å². The number of nitro benzene ring substituents is 1. The molecule has 8 nitrogen and oxygen atoms in total. The van der Waals surface area contributed by atoms with Crippen LogP contribution in [0.2, 0.25) is 0 Å². The molecule has 1 fully saturated rings. The van der Waals surface area contributed by atoms with E-state index >= 15 is 0 Å². The van der Waals surface area contributed by atoms with Crippen LogP contribution >= 0.6 is 0 Å². The molecule has 21 heavy (non-hydrogen) atoms. The van der Waals surface area contributed by atoms with E-state index in [1.54, 1.807) is 0 Å². The molecule has 2 aromatic rings. The van der Waals surface area contributed by atoms with Gasteiger partial charge in [-0.2, -0.15) is 0 Å². The largest absolute Gasteiger partial charge is 0.486 e. The second kappa shape index (κ2) is 5.65. The van der Waals surface area contributed by atoms with Crippen molar-refractivity contribution in [3.63, 3.8) is 0 Å². The highest BCUT2D eigenvalue weighted by atomic mass is 16.6. The fourth-order valence-corrected chi connectivity index (χ4v) is 2.68. The zero-order valence-corrected chi connectivity index (χ0v) is 11.4. The van der Waals surface area contributed by atoms with E-state index in [0.717, 1.165) is 32.1 Å². The lowest BCUT2D eigenvalue weighted by Crippen LogP contribution is -2.37. The Labute approximate surface area is 120 Å². The molecule has 1 aliphatic carbocycles. The number of nitrogens with zero attached hydrogens (tertiary/aromatic N) is 3. The second-order valence-electron chi connectivity index (χ2n) is 5.26. The Morgan fingerprint density at radius 3 is 2.81 bits per heavy atom. The van der Waals surface area contributed by atoms with Gasteiger partial charge in [0.05, 0.1) is 4.92 Å². The molecule has 2 N–H and O–H groups in total. The van der Waals surface area contributed by atoms with Gasteiger partial charge >= 0.3 is 5.69 Å². The topological polar surface area (TPSA) is 117 Å². The quantitative estimate of drug-likeness (QED) is 0.523. The zero-order chi connectivity index (χ0) is 14.8. The van der Waals surface area contributed by atoms with Crippen LogP contribution in [0.1, 0.15) is 32.1 Å². The van der Waals surface area contributed by atoms with Crippen molar-refractivity contribution in [3.05, 3.63) is 22.2 Å². The molecule has 0 spiro atoms. The van der Waals surface area contributed by atoms with Crippen molar-refractivity contribution in [2.45, 2.75) is 44.2 Å². The normalized spacial score (nSPS) is 22.9. The van der Waals surface area contributed by atoms with E-state index < -0.39 is 4.92 Å². The molecular formula is C13H16N4O4. The molecule has 0 saturated heterocycles. The maximum atomic E-state index is 10.9. The maximum Gasteiger partial charge on any atom is 0.301 e. The molecule has 0 bridgehead atoms. The van der Waals surface area contributed by atoms with E-state index in [1.807, 2.05) is 0 Å². The first-order valence-corrected chi connectivity index (χ1v) is 6.98. The van der Waals surface area contributed by atoms with Gasteiger partial charge in [-0.25, -0.2) is 4.63 Å². The highest BCUT2D eigenvalue weighted by Gasteiger charge is 2.26. The SMILES string of the molecule is NC1CCCCCC1Oc1ccc([N+](=O)[O-])c2nonc12. The van der Waals surface area contributed by atoms with Crippen molar-refractivity contribution in [1.29, 1.82) is 0 Å². The summed E-state index contributed by atoms with van der Waals surface area (Å²) in [5, 5.41) is 18.3. The Kier molecular flexibility index (Phi) is 3.70. The number of nitro groups is 1. The molecule has 1 saturated carbocycles. The summed E-state index contributed by atoms with van der Waals surface area (Å²) in [5.41, 5.74) is 6.34. The zero-order valence-electron chi connectivity index (χ0n) is 11.4. The monoisotopic (exact) mass is 292 g/mol. The van der Waals surface area contributed by atoms with Crippen LogP contribution in [0, 0.1) is 10.1 Å². The van der Waals surface area contributed by atoms with Crippen LogP contribution in [0.25, 0.3) is 11.0 Å². The fourth-order valence-electron chi connectivity index (χ4n) is 2.68. The van der Waals surface area contributed by atoms with Gasteiger partial charge in [0.2, 0.25) is 5.52 Å². The highest BCUT2D eigenvalue weighted by molar-refractivity contribution is 5.88. The van der Waals surface area contributed by atoms with E-state index in [-0.39, 0.29) is 28.9 Å².